The minimum Gasteiger partial charge on any atom is -0.399 e. The fraction of sp³-hybridized carbons (Fsp3) is 0. The van der Waals surface area contributed by atoms with Gasteiger partial charge in [0.15, 0.2) is 0 Å². The minimum atomic E-state index is 0.532. The molecular formula is C19H16N4. The van der Waals surface area contributed by atoms with Gasteiger partial charge in [0.2, 0.25) is 0 Å². The molecule has 112 valence electrons. The van der Waals surface area contributed by atoms with Crippen molar-refractivity contribution < 1.29 is 0 Å². The summed E-state index contributed by atoms with van der Waals surface area (Å²) >= 11 is 0. The van der Waals surface area contributed by atoms with Crippen molar-refractivity contribution in [3.05, 3.63) is 78.6 Å². The Balaban J connectivity index is 2.03. The first-order valence-electron chi connectivity index (χ1n) is 7.11. The molecule has 2 aromatic carbocycles. The summed E-state index contributed by atoms with van der Waals surface area (Å²) in [5, 5.41) is 9.40. The van der Waals surface area contributed by atoms with E-state index in [1.165, 1.54) is 0 Å². The third kappa shape index (κ3) is 2.81. The molecule has 0 radical (unpaired) electrons. The molecule has 4 heteroatoms. The molecule has 0 spiro atoms. The summed E-state index contributed by atoms with van der Waals surface area (Å²) in [6.45, 7) is 3.72. The number of hydrogen-bond acceptors (Lipinski definition) is 3. The molecule has 4 N–H and O–H groups in total. The quantitative estimate of drug-likeness (QED) is 0.726. The standard InChI is InChI=1S/C19H16N4/c1-13(21)14-4-8-18(9-5-14)23-11-16(10-20)19(12-23)15-2-6-17(22)7-3-15/h2-9,11-12H,1,21-22H2. The van der Waals surface area contributed by atoms with Crippen LogP contribution in [0.1, 0.15) is 11.1 Å². The van der Waals surface area contributed by atoms with Crippen LogP contribution in [0, 0.1) is 11.3 Å². The van der Waals surface area contributed by atoms with Crippen molar-refractivity contribution in [1.29, 1.82) is 5.26 Å². The van der Waals surface area contributed by atoms with Crippen molar-refractivity contribution in [3.63, 3.8) is 0 Å². The van der Waals surface area contributed by atoms with Gasteiger partial charge in [0.05, 0.1) is 5.56 Å². The van der Waals surface area contributed by atoms with Crippen LogP contribution in [0.25, 0.3) is 22.5 Å². The maximum Gasteiger partial charge on any atom is 0.101 e. The first-order valence-corrected chi connectivity index (χ1v) is 7.11. The molecule has 0 saturated carbocycles. The highest BCUT2D eigenvalue weighted by atomic mass is 14.9. The molecule has 0 fully saturated rings. The number of nitriles is 1. The molecular weight excluding hydrogens is 284 g/mol. The Hall–Kier alpha value is -3.45. The van der Waals surface area contributed by atoms with Crippen LogP contribution in [0.5, 0.6) is 0 Å². The predicted octanol–water partition coefficient (Wildman–Crippen LogP) is 3.53. The maximum absolute atomic E-state index is 9.40. The average molecular weight is 300 g/mol. The van der Waals surface area contributed by atoms with Gasteiger partial charge >= 0.3 is 0 Å². The molecule has 0 aliphatic heterocycles. The second-order valence-corrected chi connectivity index (χ2v) is 5.30. The number of hydrogen-bond donors (Lipinski definition) is 2. The highest BCUT2D eigenvalue weighted by molar-refractivity contribution is 5.72. The van der Waals surface area contributed by atoms with Crippen LogP contribution >= 0.6 is 0 Å². The van der Waals surface area contributed by atoms with Crippen molar-refractivity contribution in [2.24, 2.45) is 5.73 Å². The highest BCUT2D eigenvalue weighted by Crippen LogP contribution is 2.27. The molecule has 0 unspecified atom stereocenters. The summed E-state index contributed by atoms with van der Waals surface area (Å²) in [5.41, 5.74) is 16.9. The first-order chi connectivity index (χ1) is 11.1. The Bertz CT molecular complexity index is 894. The third-order valence-electron chi connectivity index (χ3n) is 3.70. The number of aromatic nitrogens is 1. The largest absolute Gasteiger partial charge is 0.399 e. The molecule has 0 aliphatic carbocycles. The molecule has 23 heavy (non-hydrogen) atoms. The van der Waals surface area contributed by atoms with Crippen molar-refractivity contribution >= 4 is 11.4 Å². The number of rotatable bonds is 3. The van der Waals surface area contributed by atoms with E-state index in [1.54, 1.807) is 0 Å². The zero-order valence-electron chi connectivity index (χ0n) is 12.5. The van der Waals surface area contributed by atoms with Gasteiger partial charge < -0.3 is 16.0 Å². The lowest BCUT2D eigenvalue weighted by Gasteiger charge is -2.05. The van der Waals surface area contributed by atoms with E-state index >= 15 is 0 Å². The Kier molecular flexibility index (Phi) is 3.62. The zero-order chi connectivity index (χ0) is 16.4. The summed E-state index contributed by atoms with van der Waals surface area (Å²) in [6.07, 6.45) is 3.76. The number of nitrogen functional groups attached to an aromatic ring is 1. The zero-order valence-corrected chi connectivity index (χ0v) is 12.5. The molecule has 3 rings (SSSR count). The average Bonchev–Trinajstić information content (AvgIpc) is 3.00. The van der Waals surface area contributed by atoms with E-state index in [0.717, 1.165) is 22.4 Å². The number of nitrogens with two attached hydrogens (primary N) is 2. The molecule has 0 saturated heterocycles. The molecule has 0 bridgehead atoms. The van der Waals surface area contributed by atoms with Crippen LogP contribution in [-0.2, 0) is 0 Å². The van der Waals surface area contributed by atoms with E-state index in [9.17, 15) is 5.26 Å². The molecule has 0 atom stereocenters. The van der Waals surface area contributed by atoms with E-state index in [4.69, 9.17) is 11.5 Å². The van der Waals surface area contributed by atoms with Crippen LogP contribution in [-0.4, -0.2) is 4.57 Å². The molecule has 0 amide bonds. The monoisotopic (exact) mass is 300 g/mol. The van der Waals surface area contributed by atoms with E-state index in [-0.39, 0.29) is 0 Å². The molecule has 1 heterocycles. The van der Waals surface area contributed by atoms with Gasteiger partial charge in [-0.05, 0) is 35.4 Å². The normalized spacial score (nSPS) is 10.2. The SMILES string of the molecule is C=C(N)c1ccc(-n2cc(C#N)c(-c3ccc(N)cc3)c2)cc1. The van der Waals surface area contributed by atoms with Gasteiger partial charge in [-0.15, -0.1) is 0 Å². The second kappa shape index (κ2) is 5.74. The minimum absolute atomic E-state index is 0.532. The molecule has 1 aromatic heterocycles. The summed E-state index contributed by atoms with van der Waals surface area (Å²) in [4.78, 5) is 0. The maximum atomic E-state index is 9.40. The first kappa shape index (κ1) is 14.5. The fourth-order valence-electron chi connectivity index (χ4n) is 2.43. The lowest BCUT2D eigenvalue weighted by Crippen LogP contribution is -1.95. The summed E-state index contributed by atoms with van der Waals surface area (Å²) < 4.78 is 1.92. The van der Waals surface area contributed by atoms with E-state index < -0.39 is 0 Å². The van der Waals surface area contributed by atoms with Crippen molar-refractivity contribution in [1.82, 2.24) is 4.57 Å². The Labute approximate surface area is 134 Å². The van der Waals surface area contributed by atoms with Gasteiger partial charge in [-0.2, -0.15) is 5.26 Å². The molecule has 4 nitrogen and oxygen atoms in total. The Morgan fingerprint density at radius 2 is 1.65 bits per heavy atom. The molecule has 3 aromatic rings. The van der Waals surface area contributed by atoms with E-state index in [0.29, 0.717) is 16.9 Å². The topological polar surface area (TPSA) is 80.8 Å². The van der Waals surface area contributed by atoms with Gasteiger partial charge in [0, 0.05) is 35.0 Å². The molecule has 0 aliphatic rings. The van der Waals surface area contributed by atoms with E-state index in [2.05, 4.69) is 12.6 Å². The van der Waals surface area contributed by atoms with Crippen LogP contribution in [0.3, 0.4) is 0 Å². The van der Waals surface area contributed by atoms with Crippen molar-refractivity contribution in [2.45, 2.75) is 0 Å². The van der Waals surface area contributed by atoms with Gasteiger partial charge in [0.1, 0.15) is 6.07 Å². The lowest BCUT2D eigenvalue weighted by molar-refractivity contribution is 1.08. The van der Waals surface area contributed by atoms with Crippen molar-refractivity contribution in [2.75, 3.05) is 5.73 Å². The smallest absolute Gasteiger partial charge is 0.101 e. The Morgan fingerprint density at radius 1 is 1.00 bits per heavy atom. The fourth-order valence-corrected chi connectivity index (χ4v) is 2.43. The Morgan fingerprint density at radius 3 is 2.22 bits per heavy atom. The van der Waals surface area contributed by atoms with Crippen LogP contribution in [0.15, 0.2) is 67.5 Å². The van der Waals surface area contributed by atoms with Gasteiger partial charge in [-0.1, -0.05) is 30.8 Å². The highest BCUT2D eigenvalue weighted by Gasteiger charge is 2.10. The van der Waals surface area contributed by atoms with Crippen LogP contribution in [0.4, 0.5) is 5.69 Å². The van der Waals surface area contributed by atoms with Gasteiger partial charge in [0.25, 0.3) is 0 Å². The van der Waals surface area contributed by atoms with Gasteiger partial charge in [-0.25, -0.2) is 0 Å². The predicted molar refractivity (Wildman–Crippen MR) is 93.6 cm³/mol. The van der Waals surface area contributed by atoms with Crippen LogP contribution in [0.2, 0.25) is 0 Å². The number of benzene rings is 2. The third-order valence-corrected chi connectivity index (χ3v) is 3.70. The van der Waals surface area contributed by atoms with Gasteiger partial charge in [-0.3, -0.25) is 0 Å². The summed E-state index contributed by atoms with van der Waals surface area (Å²) in [5.74, 6) is 0. The summed E-state index contributed by atoms with van der Waals surface area (Å²) in [7, 11) is 0. The van der Waals surface area contributed by atoms with E-state index in [1.807, 2.05) is 65.5 Å². The number of nitrogens with zero attached hydrogens (tertiary/aromatic N) is 2. The van der Waals surface area contributed by atoms with Crippen LogP contribution < -0.4 is 11.5 Å². The second-order valence-electron chi connectivity index (χ2n) is 5.30. The van der Waals surface area contributed by atoms with Crippen molar-refractivity contribution in [3.8, 4) is 22.9 Å². The lowest BCUT2D eigenvalue weighted by atomic mass is 10.1. The number of anilines is 1. The summed E-state index contributed by atoms with van der Waals surface area (Å²) in [6, 6.07) is 17.4.